The molecule has 0 saturated carbocycles. The molecule has 0 heterocycles. The number of amides is 1. The van der Waals surface area contributed by atoms with Gasteiger partial charge >= 0.3 is 0 Å². The van der Waals surface area contributed by atoms with Crippen LogP contribution >= 0.6 is 0 Å². The number of carbonyl (C=O) groups is 1. The first-order valence-corrected chi connectivity index (χ1v) is 12.8. The lowest BCUT2D eigenvalue weighted by Gasteiger charge is -2.16. The van der Waals surface area contributed by atoms with Gasteiger partial charge in [-0.15, -0.1) is 0 Å². The van der Waals surface area contributed by atoms with E-state index in [2.05, 4.69) is 5.32 Å². The number of hydrogen-bond donors (Lipinski definition) is 1. The summed E-state index contributed by atoms with van der Waals surface area (Å²) in [5.74, 6) is -1.90. The monoisotopic (exact) mass is 507 g/mol. The Balaban J connectivity index is 1.60. The molecule has 4 rings (SSSR count). The molecular weight excluding hydrogens is 484 g/mol. The average Bonchev–Trinajstić information content (AvgIpc) is 2.87. The molecule has 1 N–H and O–H groups in total. The van der Waals surface area contributed by atoms with Gasteiger partial charge in [-0.3, -0.25) is 4.79 Å². The highest BCUT2D eigenvalue weighted by Crippen LogP contribution is 2.39. The maximum Gasteiger partial charge on any atom is 0.228 e. The lowest BCUT2D eigenvalue weighted by Crippen LogP contribution is -2.16. The topological polar surface area (TPSA) is 72.5 Å². The van der Waals surface area contributed by atoms with Crippen molar-refractivity contribution in [2.24, 2.45) is 0 Å². The molecule has 0 bridgehead atoms. The Kier molecular flexibility index (Phi) is 7.45. The van der Waals surface area contributed by atoms with Crippen molar-refractivity contribution in [3.63, 3.8) is 0 Å². The summed E-state index contributed by atoms with van der Waals surface area (Å²) in [7, 11) is -3.35. The molecule has 0 saturated heterocycles. The molecule has 5 nitrogen and oxygen atoms in total. The lowest BCUT2D eigenvalue weighted by atomic mass is 10.0. The van der Waals surface area contributed by atoms with E-state index in [1.165, 1.54) is 36.4 Å². The summed E-state index contributed by atoms with van der Waals surface area (Å²) in [6.45, 7) is 1.56. The van der Waals surface area contributed by atoms with Gasteiger partial charge < -0.3 is 10.1 Å². The van der Waals surface area contributed by atoms with Crippen LogP contribution in [0.5, 0.6) is 11.5 Å². The number of ether oxygens (including phenoxy) is 1. The van der Waals surface area contributed by atoms with Crippen LogP contribution in [0.4, 0.5) is 14.5 Å². The minimum absolute atomic E-state index is 0.0227. The molecular formula is C28H23F2NO4S. The van der Waals surface area contributed by atoms with Crippen molar-refractivity contribution in [2.75, 3.05) is 11.1 Å². The predicted octanol–water partition coefficient (Wildman–Crippen LogP) is 6.40. The molecule has 0 atom stereocenters. The van der Waals surface area contributed by atoms with Crippen LogP contribution in [-0.4, -0.2) is 20.1 Å². The molecule has 184 valence electrons. The van der Waals surface area contributed by atoms with Crippen LogP contribution in [-0.2, 0) is 21.1 Å². The van der Waals surface area contributed by atoms with Gasteiger partial charge in [0.25, 0.3) is 0 Å². The van der Waals surface area contributed by atoms with Gasteiger partial charge in [0.2, 0.25) is 5.91 Å². The molecule has 0 spiro atoms. The van der Waals surface area contributed by atoms with E-state index < -0.39 is 27.4 Å². The zero-order valence-corrected chi connectivity index (χ0v) is 20.2. The zero-order chi connectivity index (χ0) is 25.7. The predicted molar refractivity (Wildman–Crippen MR) is 135 cm³/mol. The number of anilines is 1. The second-order valence-corrected chi connectivity index (χ2v) is 10.3. The van der Waals surface area contributed by atoms with Gasteiger partial charge in [-0.25, -0.2) is 17.2 Å². The SMILES string of the molecule is CCS(=O)(=O)c1ccc(CC(=O)Nc2ccc(-c3ccccc3)c(Oc3cccc(F)c3)c2F)cc1. The van der Waals surface area contributed by atoms with Crippen molar-refractivity contribution in [3.05, 3.63) is 108 Å². The van der Waals surface area contributed by atoms with E-state index in [-0.39, 0.29) is 34.3 Å². The standard InChI is InChI=1S/C28H23F2NO4S/c1-2-36(33,34)23-13-11-19(12-14-23)17-26(32)31-25-16-15-24(20-7-4-3-5-8-20)28(27(25)30)35-22-10-6-9-21(29)18-22/h3-16,18H,2,17H2,1H3,(H,31,32). The summed E-state index contributed by atoms with van der Waals surface area (Å²) in [6, 6.07) is 23.4. The van der Waals surface area contributed by atoms with Crippen molar-refractivity contribution in [3.8, 4) is 22.6 Å². The van der Waals surface area contributed by atoms with Crippen molar-refractivity contribution < 1.29 is 26.7 Å². The van der Waals surface area contributed by atoms with Gasteiger partial charge in [-0.1, -0.05) is 55.5 Å². The summed E-state index contributed by atoms with van der Waals surface area (Å²) in [5, 5.41) is 2.54. The fourth-order valence-corrected chi connectivity index (χ4v) is 4.49. The molecule has 0 radical (unpaired) electrons. The van der Waals surface area contributed by atoms with Gasteiger partial charge in [0.05, 0.1) is 22.8 Å². The highest BCUT2D eigenvalue weighted by atomic mass is 32.2. The van der Waals surface area contributed by atoms with Crippen LogP contribution in [0, 0.1) is 11.6 Å². The Bertz CT molecular complexity index is 1490. The number of benzene rings is 4. The van der Waals surface area contributed by atoms with Crippen molar-refractivity contribution in [1.29, 1.82) is 0 Å². The maximum absolute atomic E-state index is 15.6. The van der Waals surface area contributed by atoms with Gasteiger partial charge in [0, 0.05) is 11.6 Å². The van der Waals surface area contributed by atoms with Crippen molar-refractivity contribution >= 4 is 21.4 Å². The molecule has 0 aliphatic heterocycles. The van der Waals surface area contributed by atoms with E-state index in [4.69, 9.17) is 4.74 Å². The Hall–Kier alpha value is -4.04. The molecule has 0 aliphatic rings. The number of sulfone groups is 1. The van der Waals surface area contributed by atoms with E-state index in [1.54, 1.807) is 49.4 Å². The molecule has 0 aromatic heterocycles. The molecule has 4 aromatic rings. The number of rotatable bonds is 8. The Morgan fingerprint density at radius 1 is 0.889 bits per heavy atom. The summed E-state index contributed by atoms with van der Waals surface area (Å²) >= 11 is 0. The molecule has 0 unspecified atom stereocenters. The van der Waals surface area contributed by atoms with Crippen LogP contribution in [0.3, 0.4) is 0 Å². The van der Waals surface area contributed by atoms with Crippen LogP contribution in [0.1, 0.15) is 12.5 Å². The zero-order valence-electron chi connectivity index (χ0n) is 19.4. The van der Waals surface area contributed by atoms with Gasteiger partial charge in [0.15, 0.2) is 21.4 Å². The van der Waals surface area contributed by atoms with Gasteiger partial charge in [-0.2, -0.15) is 0 Å². The molecule has 4 aromatic carbocycles. The van der Waals surface area contributed by atoms with Crippen LogP contribution < -0.4 is 10.1 Å². The highest BCUT2D eigenvalue weighted by molar-refractivity contribution is 7.91. The maximum atomic E-state index is 15.6. The molecule has 0 fully saturated rings. The molecule has 0 aliphatic carbocycles. The minimum atomic E-state index is -3.35. The summed E-state index contributed by atoms with van der Waals surface area (Å²) in [6.07, 6.45) is -0.0909. The van der Waals surface area contributed by atoms with Crippen molar-refractivity contribution in [2.45, 2.75) is 18.2 Å². The highest BCUT2D eigenvalue weighted by Gasteiger charge is 2.19. The number of hydrogen-bond acceptors (Lipinski definition) is 4. The van der Waals surface area contributed by atoms with E-state index in [9.17, 15) is 17.6 Å². The Morgan fingerprint density at radius 3 is 2.28 bits per heavy atom. The number of nitrogens with one attached hydrogen (secondary N) is 1. The second-order valence-electron chi connectivity index (χ2n) is 8.00. The quantitative estimate of drug-likeness (QED) is 0.300. The largest absolute Gasteiger partial charge is 0.453 e. The molecule has 8 heteroatoms. The Labute approximate surface area is 208 Å². The Morgan fingerprint density at radius 2 is 1.61 bits per heavy atom. The lowest BCUT2D eigenvalue weighted by molar-refractivity contribution is -0.115. The van der Waals surface area contributed by atoms with Crippen LogP contribution in [0.15, 0.2) is 95.9 Å². The van der Waals surface area contributed by atoms with E-state index >= 15 is 4.39 Å². The third-order valence-corrected chi connectivity index (χ3v) is 7.25. The van der Waals surface area contributed by atoms with E-state index in [0.717, 1.165) is 6.07 Å². The second kappa shape index (κ2) is 10.7. The third kappa shape index (κ3) is 5.78. The summed E-state index contributed by atoms with van der Waals surface area (Å²) < 4.78 is 59.0. The fourth-order valence-electron chi connectivity index (χ4n) is 3.61. The fraction of sp³-hybridized carbons (Fsp3) is 0.107. The first kappa shape index (κ1) is 25.1. The van der Waals surface area contributed by atoms with Gasteiger partial charge in [-0.05, 0) is 47.5 Å². The van der Waals surface area contributed by atoms with Crippen molar-refractivity contribution in [1.82, 2.24) is 0 Å². The first-order chi connectivity index (χ1) is 17.3. The molecule has 36 heavy (non-hydrogen) atoms. The summed E-state index contributed by atoms with van der Waals surface area (Å²) in [4.78, 5) is 12.8. The van der Waals surface area contributed by atoms with E-state index in [0.29, 0.717) is 16.7 Å². The average molecular weight is 508 g/mol. The number of halogens is 2. The smallest absolute Gasteiger partial charge is 0.228 e. The first-order valence-electron chi connectivity index (χ1n) is 11.2. The molecule has 1 amide bonds. The summed E-state index contributed by atoms with van der Waals surface area (Å²) in [5.41, 5.74) is 1.59. The van der Waals surface area contributed by atoms with E-state index in [1.807, 2.05) is 6.07 Å². The van der Waals surface area contributed by atoms with Gasteiger partial charge in [0.1, 0.15) is 11.6 Å². The third-order valence-electron chi connectivity index (χ3n) is 5.50. The normalized spacial score (nSPS) is 11.2. The van der Waals surface area contributed by atoms with Crippen LogP contribution in [0.25, 0.3) is 11.1 Å². The number of carbonyl (C=O) groups excluding carboxylic acids is 1. The minimum Gasteiger partial charge on any atom is -0.453 e. The van der Waals surface area contributed by atoms with Crippen LogP contribution in [0.2, 0.25) is 0 Å².